The molecule has 0 saturated heterocycles. The lowest BCUT2D eigenvalue weighted by atomic mass is 10.3. The van der Waals surface area contributed by atoms with Crippen molar-refractivity contribution in [3.8, 4) is 10.6 Å². The molecule has 0 spiro atoms. The number of thiazole rings is 1. The van der Waals surface area contributed by atoms with Crippen LogP contribution in [-0.4, -0.2) is 33.9 Å². The van der Waals surface area contributed by atoms with Gasteiger partial charge in [-0.3, -0.25) is 9.78 Å². The molecule has 25 heavy (non-hydrogen) atoms. The van der Waals surface area contributed by atoms with Crippen molar-refractivity contribution < 1.29 is 14.3 Å². The molecule has 3 aromatic heterocycles. The Balaban J connectivity index is 1.78. The lowest BCUT2D eigenvalue weighted by Crippen LogP contribution is -2.12. The van der Waals surface area contributed by atoms with E-state index in [0.29, 0.717) is 5.01 Å². The number of hydrogen-bond acceptors (Lipinski definition) is 7. The Bertz CT molecular complexity index is 913. The second-order valence-electron chi connectivity index (χ2n) is 4.76. The number of ether oxygens (including phenoxy) is 1. The van der Waals surface area contributed by atoms with Crippen LogP contribution >= 0.6 is 22.9 Å². The zero-order chi connectivity index (χ0) is 17.8. The number of amides is 1. The highest BCUT2D eigenvalue weighted by Crippen LogP contribution is 2.30. The summed E-state index contributed by atoms with van der Waals surface area (Å²) in [6.07, 6.45) is 4.61. The first-order valence-corrected chi connectivity index (χ1v) is 8.20. The summed E-state index contributed by atoms with van der Waals surface area (Å²) in [6.45, 7) is 0. The fourth-order valence-corrected chi connectivity index (χ4v) is 3.11. The molecule has 7 nitrogen and oxygen atoms in total. The van der Waals surface area contributed by atoms with E-state index in [4.69, 9.17) is 11.6 Å². The molecule has 3 aromatic rings. The molecule has 1 N–H and O–H groups in total. The van der Waals surface area contributed by atoms with Crippen molar-refractivity contribution in [2.45, 2.75) is 0 Å². The van der Waals surface area contributed by atoms with E-state index < -0.39 is 11.9 Å². The fraction of sp³-hybridized carbons (Fsp3) is 0.0625. The van der Waals surface area contributed by atoms with Gasteiger partial charge in [0.1, 0.15) is 15.7 Å². The van der Waals surface area contributed by atoms with Gasteiger partial charge in [-0.25, -0.2) is 14.8 Å². The predicted octanol–water partition coefficient (Wildman–Crippen LogP) is 3.29. The molecule has 0 unspecified atom stereocenters. The van der Waals surface area contributed by atoms with E-state index in [1.54, 1.807) is 18.5 Å². The number of hydrogen-bond donors (Lipinski definition) is 1. The van der Waals surface area contributed by atoms with Gasteiger partial charge in [-0.1, -0.05) is 11.6 Å². The quantitative estimate of drug-likeness (QED) is 0.704. The third-order valence-corrected chi connectivity index (χ3v) is 4.62. The van der Waals surface area contributed by atoms with Crippen molar-refractivity contribution in [3.05, 3.63) is 58.4 Å². The van der Waals surface area contributed by atoms with Crippen LogP contribution in [0.1, 0.15) is 20.0 Å². The van der Waals surface area contributed by atoms with E-state index in [1.807, 2.05) is 6.07 Å². The second kappa shape index (κ2) is 7.37. The molecule has 0 aromatic carbocycles. The minimum atomic E-state index is -0.503. The lowest BCUT2D eigenvalue weighted by molar-refractivity contribution is 0.0600. The van der Waals surface area contributed by atoms with E-state index in [2.05, 4.69) is 25.0 Å². The van der Waals surface area contributed by atoms with Crippen LogP contribution in [0.5, 0.6) is 0 Å². The van der Waals surface area contributed by atoms with Gasteiger partial charge in [-0.15, -0.1) is 11.3 Å². The largest absolute Gasteiger partial charge is 0.465 e. The van der Waals surface area contributed by atoms with Crippen molar-refractivity contribution in [1.82, 2.24) is 15.0 Å². The Kier molecular flexibility index (Phi) is 5.01. The normalized spacial score (nSPS) is 10.3. The van der Waals surface area contributed by atoms with Crippen LogP contribution in [-0.2, 0) is 4.74 Å². The van der Waals surface area contributed by atoms with Gasteiger partial charge < -0.3 is 10.1 Å². The minimum Gasteiger partial charge on any atom is -0.465 e. The van der Waals surface area contributed by atoms with Crippen molar-refractivity contribution in [2.24, 2.45) is 0 Å². The fourth-order valence-electron chi connectivity index (χ4n) is 1.93. The maximum Gasteiger partial charge on any atom is 0.339 e. The number of pyridine rings is 2. The molecule has 0 atom stereocenters. The van der Waals surface area contributed by atoms with Crippen LogP contribution in [0, 0.1) is 0 Å². The van der Waals surface area contributed by atoms with Crippen molar-refractivity contribution >= 4 is 40.6 Å². The number of esters is 1. The molecule has 1 amide bonds. The molecule has 0 fully saturated rings. The monoisotopic (exact) mass is 374 g/mol. The summed E-state index contributed by atoms with van der Waals surface area (Å²) < 4.78 is 4.59. The van der Waals surface area contributed by atoms with Crippen LogP contribution in [0.25, 0.3) is 10.6 Å². The first kappa shape index (κ1) is 17.0. The number of halogens is 1. The van der Waals surface area contributed by atoms with Crippen LogP contribution in [0.15, 0.2) is 42.9 Å². The number of nitrogens with zero attached hydrogens (tertiary/aromatic N) is 3. The SMILES string of the molecule is COC(=O)c1ccc(NC(=O)c2sc(-c3cccnc3)nc2Cl)nc1. The van der Waals surface area contributed by atoms with Gasteiger partial charge in [-0.05, 0) is 24.3 Å². The maximum atomic E-state index is 12.4. The van der Waals surface area contributed by atoms with Gasteiger partial charge in [0, 0.05) is 24.2 Å². The number of anilines is 1. The van der Waals surface area contributed by atoms with E-state index in [1.165, 1.54) is 25.4 Å². The number of carbonyl (C=O) groups is 2. The van der Waals surface area contributed by atoms with E-state index in [0.717, 1.165) is 16.9 Å². The maximum absolute atomic E-state index is 12.4. The topological polar surface area (TPSA) is 94.1 Å². The second-order valence-corrected chi connectivity index (χ2v) is 6.12. The van der Waals surface area contributed by atoms with E-state index >= 15 is 0 Å². The summed E-state index contributed by atoms with van der Waals surface area (Å²) in [5.74, 6) is -0.655. The van der Waals surface area contributed by atoms with Crippen LogP contribution in [0.2, 0.25) is 5.15 Å². The summed E-state index contributed by atoms with van der Waals surface area (Å²) in [7, 11) is 1.28. The molecular weight excluding hydrogens is 364 g/mol. The van der Waals surface area contributed by atoms with Gasteiger partial charge in [0.05, 0.1) is 12.7 Å². The zero-order valence-corrected chi connectivity index (χ0v) is 14.5. The van der Waals surface area contributed by atoms with Gasteiger partial charge >= 0.3 is 5.97 Å². The summed E-state index contributed by atoms with van der Waals surface area (Å²) in [6, 6.07) is 6.61. The molecule has 0 bridgehead atoms. The van der Waals surface area contributed by atoms with Gasteiger partial charge in [0.25, 0.3) is 5.91 Å². The average Bonchev–Trinajstić information content (AvgIpc) is 3.04. The van der Waals surface area contributed by atoms with Crippen molar-refractivity contribution in [2.75, 3.05) is 12.4 Å². The first-order valence-electron chi connectivity index (χ1n) is 7.01. The van der Waals surface area contributed by atoms with Crippen molar-refractivity contribution in [1.29, 1.82) is 0 Å². The standard InChI is InChI=1S/C16H11ClN4O3S/c1-24-16(23)10-4-5-11(19-8-10)20-14(22)12-13(17)21-15(25-12)9-3-2-6-18-7-9/h2-8H,1H3,(H,19,20,22). The Labute approximate surface area is 151 Å². The first-order chi connectivity index (χ1) is 12.1. The Morgan fingerprint density at radius 1 is 1.24 bits per heavy atom. The summed E-state index contributed by atoms with van der Waals surface area (Å²) >= 11 is 7.23. The summed E-state index contributed by atoms with van der Waals surface area (Å²) in [5, 5.41) is 3.32. The highest BCUT2D eigenvalue weighted by molar-refractivity contribution is 7.17. The smallest absolute Gasteiger partial charge is 0.339 e. The minimum absolute atomic E-state index is 0.104. The molecule has 9 heteroatoms. The highest BCUT2D eigenvalue weighted by atomic mass is 35.5. The Morgan fingerprint density at radius 2 is 2.08 bits per heavy atom. The van der Waals surface area contributed by atoms with Gasteiger partial charge in [0.2, 0.25) is 0 Å². The summed E-state index contributed by atoms with van der Waals surface area (Å²) in [4.78, 5) is 36.2. The van der Waals surface area contributed by atoms with Crippen LogP contribution in [0.4, 0.5) is 5.82 Å². The number of rotatable bonds is 4. The molecule has 3 heterocycles. The third-order valence-electron chi connectivity index (χ3n) is 3.13. The van der Waals surface area contributed by atoms with Gasteiger partial charge in [0.15, 0.2) is 5.15 Å². The molecule has 0 radical (unpaired) electrons. The number of nitrogens with one attached hydrogen (secondary N) is 1. The van der Waals surface area contributed by atoms with E-state index in [-0.39, 0.29) is 21.4 Å². The number of carbonyl (C=O) groups excluding carboxylic acids is 2. The Hall–Kier alpha value is -2.84. The van der Waals surface area contributed by atoms with E-state index in [9.17, 15) is 9.59 Å². The molecular formula is C16H11ClN4O3S. The number of aromatic nitrogens is 3. The Morgan fingerprint density at radius 3 is 2.72 bits per heavy atom. The summed E-state index contributed by atoms with van der Waals surface area (Å²) in [5.41, 5.74) is 1.06. The molecule has 126 valence electrons. The molecule has 3 rings (SSSR count). The van der Waals surface area contributed by atoms with Crippen LogP contribution < -0.4 is 5.32 Å². The van der Waals surface area contributed by atoms with Gasteiger partial charge in [-0.2, -0.15) is 0 Å². The molecule has 0 aliphatic heterocycles. The molecule has 0 saturated carbocycles. The number of methoxy groups -OCH3 is 1. The average molecular weight is 375 g/mol. The highest BCUT2D eigenvalue weighted by Gasteiger charge is 2.18. The molecule has 0 aliphatic carbocycles. The molecule has 0 aliphatic rings. The third kappa shape index (κ3) is 3.81. The lowest BCUT2D eigenvalue weighted by Gasteiger charge is -2.03. The zero-order valence-electron chi connectivity index (χ0n) is 12.9. The van der Waals surface area contributed by atoms with Crippen molar-refractivity contribution in [3.63, 3.8) is 0 Å². The predicted molar refractivity (Wildman–Crippen MR) is 93.9 cm³/mol. The van der Waals surface area contributed by atoms with Crippen LogP contribution in [0.3, 0.4) is 0 Å².